The van der Waals surface area contributed by atoms with Crippen molar-refractivity contribution in [2.45, 2.75) is 58.2 Å². The lowest BCUT2D eigenvalue weighted by Crippen LogP contribution is -2.24. The fourth-order valence-electron chi connectivity index (χ4n) is 4.33. The zero-order valence-electron chi connectivity index (χ0n) is 21.5. The second-order valence-electron chi connectivity index (χ2n) is 9.16. The summed E-state index contributed by atoms with van der Waals surface area (Å²) < 4.78 is 74.8. The van der Waals surface area contributed by atoms with Crippen molar-refractivity contribution in [3.63, 3.8) is 0 Å². The van der Waals surface area contributed by atoms with E-state index in [0.29, 0.717) is 28.6 Å². The number of alkyl halides is 3. The summed E-state index contributed by atoms with van der Waals surface area (Å²) >= 11 is 6.38. The van der Waals surface area contributed by atoms with Gasteiger partial charge in [-0.2, -0.15) is 13.2 Å². The van der Waals surface area contributed by atoms with Crippen molar-refractivity contribution >= 4 is 55.6 Å². The Labute approximate surface area is 232 Å². The molecule has 0 unspecified atom stereocenters. The van der Waals surface area contributed by atoms with E-state index in [1.54, 1.807) is 36.9 Å². The van der Waals surface area contributed by atoms with E-state index in [-0.39, 0.29) is 33.8 Å². The highest BCUT2D eigenvalue weighted by Crippen LogP contribution is 2.37. The molecule has 0 saturated heterocycles. The number of fused-ring (bicyclic) bond motifs is 1. The summed E-state index contributed by atoms with van der Waals surface area (Å²) in [6, 6.07) is 5.97. The predicted octanol–water partition coefficient (Wildman–Crippen LogP) is 6.14. The van der Waals surface area contributed by atoms with E-state index in [0.717, 1.165) is 31.7 Å². The molecule has 0 atom stereocenters. The van der Waals surface area contributed by atoms with Gasteiger partial charge in [0.25, 0.3) is 5.56 Å². The molecule has 0 aliphatic heterocycles. The van der Waals surface area contributed by atoms with E-state index in [2.05, 4.69) is 15.0 Å². The fraction of sp³-hybridized carbons (Fsp3) is 0.400. The SMILES string of the molecule is CCCS(=O)(=O)Nc1ccc(F)c(Nc2ccc3ncn(C4CCCC4)c(=O)c3c2C)c1Cl.O=C(O)C(F)(F)F. The van der Waals surface area contributed by atoms with Gasteiger partial charge in [0.05, 0.1) is 39.4 Å². The monoisotopic (exact) mass is 606 g/mol. The average Bonchev–Trinajstić information content (AvgIpc) is 3.39. The summed E-state index contributed by atoms with van der Waals surface area (Å²) in [6.45, 7) is 3.52. The lowest BCUT2D eigenvalue weighted by Gasteiger charge is -2.18. The first kappa shape index (κ1) is 31.1. The van der Waals surface area contributed by atoms with Gasteiger partial charge in [-0.3, -0.25) is 14.1 Å². The number of nitrogens with one attached hydrogen (secondary N) is 2. The Balaban J connectivity index is 0.000000559. The number of nitrogens with zero attached hydrogens (tertiary/aromatic N) is 2. The van der Waals surface area contributed by atoms with Gasteiger partial charge >= 0.3 is 12.1 Å². The maximum absolute atomic E-state index is 14.7. The van der Waals surface area contributed by atoms with Gasteiger partial charge in [0.1, 0.15) is 5.82 Å². The van der Waals surface area contributed by atoms with Crippen LogP contribution in [0.1, 0.15) is 50.6 Å². The summed E-state index contributed by atoms with van der Waals surface area (Å²) in [5.41, 5.74) is 1.55. The molecule has 0 radical (unpaired) electrons. The lowest BCUT2D eigenvalue weighted by molar-refractivity contribution is -0.192. The van der Waals surface area contributed by atoms with Gasteiger partial charge in [0.15, 0.2) is 0 Å². The van der Waals surface area contributed by atoms with Gasteiger partial charge in [-0.05, 0) is 56.0 Å². The summed E-state index contributed by atoms with van der Waals surface area (Å²) in [6.07, 6.45) is 1.03. The van der Waals surface area contributed by atoms with E-state index >= 15 is 0 Å². The number of aromatic nitrogens is 2. The van der Waals surface area contributed by atoms with E-state index in [1.165, 1.54) is 6.07 Å². The van der Waals surface area contributed by atoms with Crippen molar-refractivity contribution in [2.24, 2.45) is 0 Å². The van der Waals surface area contributed by atoms with Crippen LogP contribution in [-0.2, 0) is 14.8 Å². The van der Waals surface area contributed by atoms with Crippen molar-refractivity contribution in [3.8, 4) is 0 Å². The Morgan fingerprint density at radius 3 is 2.35 bits per heavy atom. The van der Waals surface area contributed by atoms with Crippen LogP contribution in [0.5, 0.6) is 0 Å². The first-order valence-corrected chi connectivity index (χ1v) is 14.2. The Morgan fingerprint density at radius 2 is 1.77 bits per heavy atom. The highest BCUT2D eigenvalue weighted by molar-refractivity contribution is 7.92. The van der Waals surface area contributed by atoms with Gasteiger partial charge in [-0.15, -0.1) is 0 Å². The molecule has 1 aliphatic rings. The van der Waals surface area contributed by atoms with Gasteiger partial charge < -0.3 is 10.4 Å². The molecule has 1 fully saturated rings. The fourth-order valence-corrected chi connectivity index (χ4v) is 5.78. The normalized spacial score (nSPS) is 14.1. The topological polar surface area (TPSA) is 130 Å². The quantitative estimate of drug-likeness (QED) is 0.275. The van der Waals surface area contributed by atoms with E-state index in [9.17, 15) is 30.8 Å². The number of carbonyl (C=O) groups is 1. The lowest BCUT2D eigenvalue weighted by atomic mass is 10.1. The number of benzene rings is 2. The molecule has 1 aromatic heterocycles. The number of aliphatic carboxylic acids is 1. The van der Waals surface area contributed by atoms with Gasteiger partial charge in [0.2, 0.25) is 10.0 Å². The average molecular weight is 607 g/mol. The Hall–Kier alpha value is -3.39. The highest BCUT2D eigenvalue weighted by atomic mass is 35.5. The van der Waals surface area contributed by atoms with Crippen molar-refractivity contribution < 1.29 is 35.9 Å². The largest absolute Gasteiger partial charge is 0.490 e. The summed E-state index contributed by atoms with van der Waals surface area (Å²) in [5.74, 6) is -3.48. The molecular weight excluding hydrogens is 580 g/mol. The Morgan fingerprint density at radius 1 is 1.18 bits per heavy atom. The van der Waals surface area contributed by atoms with E-state index in [4.69, 9.17) is 21.5 Å². The molecule has 3 aromatic rings. The van der Waals surface area contributed by atoms with Gasteiger partial charge in [-0.25, -0.2) is 22.6 Å². The van der Waals surface area contributed by atoms with E-state index in [1.807, 2.05) is 0 Å². The van der Waals surface area contributed by atoms with Crippen molar-refractivity contribution in [1.82, 2.24) is 9.55 Å². The first-order valence-electron chi connectivity index (χ1n) is 12.2. The standard InChI is InChI=1S/C23H26ClFN4O3S.C2HF3O2/c1-3-12-33(31,32)28-19-9-8-16(25)22(21(19)24)27-17-10-11-18-20(14(17)2)23(30)29(13-26-18)15-6-4-5-7-15;3-2(4,5)1(6)7/h8-11,13,15,27-28H,3-7,12H2,1-2H3;(H,6,7). The van der Waals surface area contributed by atoms with Crippen LogP contribution in [0.3, 0.4) is 0 Å². The third kappa shape index (κ3) is 7.22. The summed E-state index contributed by atoms with van der Waals surface area (Å²) in [5, 5.41) is 10.5. The molecule has 40 heavy (non-hydrogen) atoms. The van der Waals surface area contributed by atoms with Crippen molar-refractivity contribution in [3.05, 3.63) is 57.3 Å². The molecule has 1 heterocycles. The number of halogens is 5. The zero-order chi connectivity index (χ0) is 29.8. The Kier molecular flexibility index (Phi) is 9.67. The number of hydrogen-bond acceptors (Lipinski definition) is 6. The number of carboxylic acid groups (broad SMARTS) is 1. The van der Waals surface area contributed by atoms with Gasteiger partial charge in [-0.1, -0.05) is 31.4 Å². The number of rotatable bonds is 7. The zero-order valence-corrected chi connectivity index (χ0v) is 23.1. The summed E-state index contributed by atoms with van der Waals surface area (Å²) in [4.78, 5) is 26.6. The number of hydrogen-bond donors (Lipinski definition) is 3. The van der Waals surface area contributed by atoms with Crippen LogP contribution in [0, 0.1) is 12.7 Å². The van der Waals surface area contributed by atoms with Crippen LogP contribution in [0.4, 0.5) is 34.6 Å². The molecule has 3 N–H and O–H groups in total. The summed E-state index contributed by atoms with van der Waals surface area (Å²) in [7, 11) is -3.60. The van der Waals surface area contributed by atoms with E-state index < -0.39 is 28.0 Å². The molecule has 1 aliphatic carbocycles. The minimum absolute atomic E-state index is 0.0733. The maximum Gasteiger partial charge on any atom is 0.490 e. The van der Waals surface area contributed by atoms with Crippen LogP contribution in [0.2, 0.25) is 5.02 Å². The van der Waals surface area contributed by atoms with Gasteiger partial charge in [0, 0.05) is 11.7 Å². The molecule has 0 spiro atoms. The minimum Gasteiger partial charge on any atom is -0.475 e. The number of aryl methyl sites for hydroxylation is 1. The number of sulfonamides is 1. The van der Waals surface area contributed by atoms with Crippen LogP contribution >= 0.6 is 11.6 Å². The second kappa shape index (κ2) is 12.4. The molecule has 218 valence electrons. The molecule has 0 bridgehead atoms. The van der Waals surface area contributed by atoms with Crippen molar-refractivity contribution in [2.75, 3.05) is 15.8 Å². The number of carboxylic acids is 1. The molecule has 4 rings (SSSR count). The smallest absolute Gasteiger partial charge is 0.475 e. The molecule has 15 heteroatoms. The maximum atomic E-state index is 14.7. The molecular formula is C25H27ClF4N4O5S. The van der Waals surface area contributed by atoms with Crippen LogP contribution < -0.4 is 15.6 Å². The third-order valence-corrected chi connectivity index (χ3v) is 8.13. The third-order valence-electron chi connectivity index (χ3n) is 6.26. The predicted molar refractivity (Wildman–Crippen MR) is 144 cm³/mol. The van der Waals surface area contributed by atoms with Crippen molar-refractivity contribution in [1.29, 1.82) is 0 Å². The second-order valence-corrected chi connectivity index (χ2v) is 11.4. The Bertz CT molecular complexity index is 1570. The molecule has 1 saturated carbocycles. The minimum atomic E-state index is -5.08. The molecule has 0 amide bonds. The molecule has 2 aromatic carbocycles. The van der Waals surface area contributed by atoms with Crippen LogP contribution in [0.15, 0.2) is 35.4 Å². The van der Waals surface area contributed by atoms with Crippen LogP contribution in [-0.4, -0.2) is 41.0 Å². The number of anilines is 3. The molecule has 9 nitrogen and oxygen atoms in total. The highest BCUT2D eigenvalue weighted by Gasteiger charge is 2.38. The van der Waals surface area contributed by atoms with Crippen LogP contribution in [0.25, 0.3) is 10.9 Å². The first-order chi connectivity index (χ1) is 18.7.